The first kappa shape index (κ1) is 30.9. The molecule has 4 heteroatoms. The van der Waals surface area contributed by atoms with Gasteiger partial charge in [0.2, 0.25) is 0 Å². The van der Waals surface area contributed by atoms with Crippen LogP contribution in [0.5, 0.6) is 0 Å². The average Bonchev–Trinajstić information content (AvgIpc) is 3.27. The SMILES string of the molecule is c1cnc2c(c1)ccc1c(-c3ccc(-c4ccc5ccc(-c6ccc7nc(-c8ccc9ccc%10cccc%11ccc8c9c%10%11)ccc7c6)cc5n4)cc3)ccnc12. The Bertz CT molecular complexity index is 3520. The van der Waals surface area contributed by atoms with Gasteiger partial charge in [-0.3, -0.25) is 9.97 Å². The molecule has 0 aliphatic heterocycles. The summed E-state index contributed by atoms with van der Waals surface area (Å²) < 4.78 is 0. The van der Waals surface area contributed by atoms with Crippen molar-refractivity contribution in [1.29, 1.82) is 0 Å². The lowest BCUT2D eigenvalue weighted by molar-refractivity contribution is 1.37. The molecule has 4 nitrogen and oxygen atoms in total. The van der Waals surface area contributed by atoms with Crippen LogP contribution in [0, 0.1) is 0 Å². The molecule has 0 saturated heterocycles. The molecule has 0 bridgehead atoms. The second kappa shape index (κ2) is 12.0. The molecular weight excluding hydrogens is 681 g/mol. The van der Waals surface area contributed by atoms with Crippen molar-refractivity contribution in [3.63, 3.8) is 0 Å². The average molecular weight is 711 g/mol. The predicted octanol–water partition coefficient (Wildman–Crippen LogP) is 13.4. The minimum Gasteiger partial charge on any atom is -0.254 e. The van der Waals surface area contributed by atoms with Gasteiger partial charge in [0.1, 0.15) is 0 Å². The first-order valence-corrected chi connectivity index (χ1v) is 18.9. The quantitative estimate of drug-likeness (QED) is 0.171. The maximum absolute atomic E-state index is 5.19. The first-order chi connectivity index (χ1) is 27.7. The third kappa shape index (κ3) is 4.79. The van der Waals surface area contributed by atoms with E-state index in [0.29, 0.717) is 0 Å². The monoisotopic (exact) mass is 710 g/mol. The second-order valence-corrected chi connectivity index (χ2v) is 14.6. The Morgan fingerprint density at radius 2 is 0.929 bits per heavy atom. The predicted molar refractivity (Wildman–Crippen MR) is 233 cm³/mol. The molecule has 0 fully saturated rings. The van der Waals surface area contributed by atoms with E-state index in [9.17, 15) is 0 Å². The minimum atomic E-state index is 0.920. The molecule has 8 aromatic carbocycles. The summed E-state index contributed by atoms with van der Waals surface area (Å²) in [6.07, 6.45) is 3.70. The van der Waals surface area contributed by atoms with Gasteiger partial charge in [-0.2, -0.15) is 0 Å². The van der Waals surface area contributed by atoms with Crippen molar-refractivity contribution in [2.45, 2.75) is 0 Å². The van der Waals surface area contributed by atoms with Crippen LogP contribution < -0.4 is 0 Å². The van der Waals surface area contributed by atoms with E-state index in [0.717, 1.165) is 88.4 Å². The van der Waals surface area contributed by atoms with E-state index in [2.05, 4.69) is 169 Å². The maximum Gasteiger partial charge on any atom is 0.0970 e. The Hall–Kier alpha value is -7.56. The van der Waals surface area contributed by atoms with Crippen molar-refractivity contribution in [3.8, 4) is 44.8 Å². The molecule has 0 N–H and O–H groups in total. The van der Waals surface area contributed by atoms with Crippen LogP contribution in [0.15, 0.2) is 182 Å². The Morgan fingerprint density at radius 3 is 1.84 bits per heavy atom. The fraction of sp³-hybridized carbons (Fsp3) is 0. The van der Waals surface area contributed by atoms with Gasteiger partial charge in [0.25, 0.3) is 0 Å². The number of aromatic nitrogens is 4. The Kier molecular flexibility index (Phi) is 6.60. The lowest BCUT2D eigenvalue weighted by Crippen LogP contribution is -1.90. The lowest BCUT2D eigenvalue weighted by Gasteiger charge is -2.14. The van der Waals surface area contributed by atoms with Gasteiger partial charge >= 0.3 is 0 Å². The fourth-order valence-corrected chi connectivity index (χ4v) is 8.70. The molecule has 0 radical (unpaired) electrons. The van der Waals surface area contributed by atoms with E-state index < -0.39 is 0 Å². The summed E-state index contributed by atoms with van der Waals surface area (Å²) in [5, 5.41) is 12.1. The van der Waals surface area contributed by atoms with Gasteiger partial charge in [-0.25, -0.2) is 9.97 Å². The highest BCUT2D eigenvalue weighted by Crippen LogP contribution is 2.40. The number of rotatable bonds is 4. The molecule has 12 rings (SSSR count). The molecule has 0 aliphatic carbocycles. The van der Waals surface area contributed by atoms with Crippen molar-refractivity contribution in [2.75, 3.05) is 0 Å². The fourth-order valence-electron chi connectivity index (χ4n) is 8.70. The number of nitrogens with zero attached hydrogens (tertiary/aromatic N) is 4. The topological polar surface area (TPSA) is 51.6 Å². The number of benzene rings is 8. The van der Waals surface area contributed by atoms with Gasteiger partial charge in [-0.15, -0.1) is 0 Å². The molecule has 258 valence electrons. The highest BCUT2D eigenvalue weighted by atomic mass is 14.7. The van der Waals surface area contributed by atoms with Crippen molar-refractivity contribution >= 4 is 75.9 Å². The highest BCUT2D eigenvalue weighted by molar-refractivity contribution is 6.25. The third-order valence-corrected chi connectivity index (χ3v) is 11.5. The first-order valence-electron chi connectivity index (χ1n) is 18.9. The molecular formula is C52H30N4. The van der Waals surface area contributed by atoms with Crippen LogP contribution in [0.25, 0.3) is 121 Å². The zero-order valence-corrected chi connectivity index (χ0v) is 30.1. The molecule has 56 heavy (non-hydrogen) atoms. The van der Waals surface area contributed by atoms with Gasteiger partial charge in [0, 0.05) is 45.1 Å². The maximum atomic E-state index is 5.19. The molecule has 0 amide bonds. The van der Waals surface area contributed by atoms with Crippen molar-refractivity contribution in [1.82, 2.24) is 19.9 Å². The zero-order chi connectivity index (χ0) is 36.7. The Morgan fingerprint density at radius 1 is 0.304 bits per heavy atom. The largest absolute Gasteiger partial charge is 0.254 e. The summed E-state index contributed by atoms with van der Waals surface area (Å²) in [7, 11) is 0. The Labute approximate surface area is 321 Å². The number of hydrogen-bond acceptors (Lipinski definition) is 4. The molecule has 0 spiro atoms. The summed E-state index contributed by atoms with van der Waals surface area (Å²) >= 11 is 0. The molecule has 0 atom stereocenters. The van der Waals surface area contributed by atoms with E-state index in [1.165, 1.54) is 32.3 Å². The van der Waals surface area contributed by atoms with Crippen LogP contribution in [0.1, 0.15) is 0 Å². The van der Waals surface area contributed by atoms with E-state index in [-0.39, 0.29) is 0 Å². The number of fused-ring (bicyclic) bond motifs is 5. The normalized spacial score (nSPS) is 11.9. The van der Waals surface area contributed by atoms with Gasteiger partial charge in [-0.05, 0) is 97.0 Å². The van der Waals surface area contributed by atoms with E-state index in [1.807, 2.05) is 18.5 Å². The smallest absolute Gasteiger partial charge is 0.0970 e. The summed E-state index contributed by atoms with van der Waals surface area (Å²) in [6, 6.07) is 60.7. The molecule has 0 saturated carbocycles. The van der Waals surface area contributed by atoms with Crippen molar-refractivity contribution in [3.05, 3.63) is 182 Å². The minimum absolute atomic E-state index is 0.920. The zero-order valence-electron chi connectivity index (χ0n) is 30.1. The van der Waals surface area contributed by atoms with Crippen molar-refractivity contribution in [2.24, 2.45) is 0 Å². The van der Waals surface area contributed by atoms with Gasteiger partial charge in [0.15, 0.2) is 0 Å². The van der Waals surface area contributed by atoms with Crippen LogP contribution in [-0.2, 0) is 0 Å². The molecule has 0 aliphatic rings. The van der Waals surface area contributed by atoms with Gasteiger partial charge in [0.05, 0.1) is 33.5 Å². The van der Waals surface area contributed by atoms with Crippen LogP contribution in [0.3, 0.4) is 0 Å². The van der Waals surface area contributed by atoms with Gasteiger partial charge < -0.3 is 0 Å². The lowest BCUT2D eigenvalue weighted by atomic mass is 9.91. The van der Waals surface area contributed by atoms with Gasteiger partial charge in [-0.1, -0.05) is 127 Å². The van der Waals surface area contributed by atoms with Crippen molar-refractivity contribution < 1.29 is 0 Å². The van der Waals surface area contributed by atoms with Crippen LogP contribution in [0.4, 0.5) is 0 Å². The highest BCUT2D eigenvalue weighted by Gasteiger charge is 2.14. The third-order valence-electron chi connectivity index (χ3n) is 11.5. The molecule has 0 unspecified atom stereocenters. The standard InChI is InChI=1S/C52H30N4/c1-3-34-11-12-36-14-20-42(43-21-15-35(4-1)49(34)50(36)43)47-25-19-40-29-38(18-24-46(40)55-47)39-13-10-33-17-23-45(56-48(33)30-39)32-8-6-31(7-9-32)41-26-28-54-52-44(41)22-16-37-5-2-27-53-51(37)52/h1-30H. The number of pyridine rings is 4. The Balaban J connectivity index is 0.866. The molecule has 4 aromatic heterocycles. The number of hydrogen-bond donors (Lipinski definition) is 0. The molecule has 4 heterocycles. The summed E-state index contributed by atoms with van der Waals surface area (Å²) in [5.41, 5.74) is 12.5. The summed E-state index contributed by atoms with van der Waals surface area (Å²) in [4.78, 5) is 19.7. The van der Waals surface area contributed by atoms with E-state index in [4.69, 9.17) is 15.0 Å². The van der Waals surface area contributed by atoms with E-state index in [1.54, 1.807) is 0 Å². The van der Waals surface area contributed by atoms with Crippen LogP contribution in [0.2, 0.25) is 0 Å². The molecule has 12 aromatic rings. The summed E-state index contributed by atoms with van der Waals surface area (Å²) in [5.74, 6) is 0. The summed E-state index contributed by atoms with van der Waals surface area (Å²) in [6.45, 7) is 0. The van der Waals surface area contributed by atoms with Crippen LogP contribution >= 0.6 is 0 Å². The van der Waals surface area contributed by atoms with E-state index >= 15 is 0 Å². The van der Waals surface area contributed by atoms with Crippen LogP contribution in [-0.4, -0.2) is 19.9 Å². The second-order valence-electron chi connectivity index (χ2n) is 14.6.